The van der Waals surface area contributed by atoms with Gasteiger partial charge in [-0.1, -0.05) is 17.7 Å². The number of benzene rings is 1. The number of imidazole rings is 1. The zero-order valence-corrected chi connectivity index (χ0v) is 10.3. The standard InChI is InChI=1S/C12H13N3OS/c1-9-2-4-10(5-3-9)17-8-11(16)15-12-13-6-7-14-12/h2-7H,8H2,1H3,(H2,13,14,15,16). The van der Waals surface area contributed by atoms with E-state index in [1.54, 1.807) is 12.4 Å². The third-order valence-electron chi connectivity index (χ3n) is 2.15. The van der Waals surface area contributed by atoms with Crippen LogP contribution in [0.5, 0.6) is 0 Å². The van der Waals surface area contributed by atoms with E-state index in [-0.39, 0.29) is 5.91 Å². The van der Waals surface area contributed by atoms with Crippen LogP contribution in [0.3, 0.4) is 0 Å². The van der Waals surface area contributed by atoms with Crippen molar-refractivity contribution >= 4 is 23.6 Å². The van der Waals surface area contributed by atoms with E-state index in [0.29, 0.717) is 11.7 Å². The maximum absolute atomic E-state index is 11.6. The summed E-state index contributed by atoms with van der Waals surface area (Å²) in [6.45, 7) is 2.04. The van der Waals surface area contributed by atoms with Crippen LogP contribution >= 0.6 is 11.8 Å². The molecule has 0 aliphatic heterocycles. The smallest absolute Gasteiger partial charge is 0.237 e. The number of hydrogen-bond donors (Lipinski definition) is 2. The van der Waals surface area contributed by atoms with Crippen molar-refractivity contribution in [1.82, 2.24) is 9.97 Å². The maximum Gasteiger partial charge on any atom is 0.237 e. The van der Waals surface area contributed by atoms with E-state index in [4.69, 9.17) is 0 Å². The first-order valence-electron chi connectivity index (χ1n) is 5.23. The van der Waals surface area contributed by atoms with Crippen molar-refractivity contribution in [3.05, 3.63) is 42.2 Å². The number of thioether (sulfide) groups is 1. The minimum absolute atomic E-state index is 0.0643. The Hall–Kier alpha value is -1.75. The number of anilines is 1. The van der Waals surface area contributed by atoms with Crippen LogP contribution in [0, 0.1) is 6.92 Å². The lowest BCUT2D eigenvalue weighted by atomic mass is 10.2. The molecule has 0 spiro atoms. The highest BCUT2D eigenvalue weighted by atomic mass is 32.2. The average molecular weight is 247 g/mol. The number of carbonyl (C=O) groups is 1. The number of aromatic nitrogens is 2. The molecule has 0 bridgehead atoms. The molecule has 0 radical (unpaired) electrons. The number of aromatic amines is 1. The summed E-state index contributed by atoms with van der Waals surface area (Å²) >= 11 is 1.51. The molecule has 2 N–H and O–H groups in total. The number of carbonyl (C=O) groups excluding carboxylic acids is 1. The van der Waals surface area contributed by atoms with Crippen LogP contribution < -0.4 is 5.32 Å². The van der Waals surface area contributed by atoms with Crippen LogP contribution in [0.1, 0.15) is 5.56 Å². The molecule has 88 valence electrons. The third kappa shape index (κ3) is 3.64. The Morgan fingerprint density at radius 1 is 1.41 bits per heavy atom. The molecule has 0 fully saturated rings. The van der Waals surface area contributed by atoms with E-state index in [2.05, 4.69) is 15.3 Å². The van der Waals surface area contributed by atoms with E-state index in [9.17, 15) is 4.79 Å². The van der Waals surface area contributed by atoms with Gasteiger partial charge in [-0.3, -0.25) is 10.1 Å². The van der Waals surface area contributed by atoms with Gasteiger partial charge in [-0.15, -0.1) is 11.8 Å². The largest absolute Gasteiger partial charge is 0.331 e. The monoisotopic (exact) mass is 247 g/mol. The van der Waals surface area contributed by atoms with Gasteiger partial charge in [0.05, 0.1) is 5.75 Å². The van der Waals surface area contributed by atoms with Crippen molar-refractivity contribution in [2.75, 3.05) is 11.1 Å². The summed E-state index contributed by atoms with van der Waals surface area (Å²) in [5, 5.41) is 2.68. The van der Waals surface area contributed by atoms with Crippen molar-refractivity contribution < 1.29 is 4.79 Å². The Kier molecular flexibility index (Phi) is 3.82. The molecule has 0 aliphatic carbocycles. The minimum Gasteiger partial charge on any atom is -0.331 e. The lowest BCUT2D eigenvalue weighted by Gasteiger charge is -2.02. The first kappa shape index (κ1) is 11.7. The van der Waals surface area contributed by atoms with Gasteiger partial charge >= 0.3 is 0 Å². The van der Waals surface area contributed by atoms with Gasteiger partial charge in [0.2, 0.25) is 11.9 Å². The quantitative estimate of drug-likeness (QED) is 0.816. The van der Waals surface area contributed by atoms with Crippen LogP contribution in [-0.4, -0.2) is 21.6 Å². The molecule has 0 saturated heterocycles. The highest BCUT2D eigenvalue weighted by Crippen LogP contribution is 2.18. The summed E-state index contributed by atoms with van der Waals surface area (Å²) in [5.41, 5.74) is 1.22. The van der Waals surface area contributed by atoms with E-state index in [1.165, 1.54) is 17.3 Å². The number of nitrogens with one attached hydrogen (secondary N) is 2. The summed E-state index contributed by atoms with van der Waals surface area (Å²) in [4.78, 5) is 19.4. The fourth-order valence-electron chi connectivity index (χ4n) is 1.29. The zero-order valence-electron chi connectivity index (χ0n) is 9.43. The highest BCUT2D eigenvalue weighted by Gasteiger charge is 2.04. The predicted molar refractivity (Wildman–Crippen MR) is 69.1 cm³/mol. The van der Waals surface area contributed by atoms with Crippen LogP contribution in [0.25, 0.3) is 0 Å². The molecule has 2 aromatic rings. The van der Waals surface area contributed by atoms with Gasteiger partial charge in [-0.25, -0.2) is 4.98 Å². The Morgan fingerprint density at radius 2 is 2.18 bits per heavy atom. The Bertz CT molecular complexity index is 479. The van der Waals surface area contributed by atoms with E-state index >= 15 is 0 Å². The normalized spacial score (nSPS) is 10.2. The van der Waals surface area contributed by atoms with Crippen molar-refractivity contribution in [1.29, 1.82) is 0 Å². The molecule has 0 saturated carbocycles. The van der Waals surface area contributed by atoms with Crippen molar-refractivity contribution in [2.24, 2.45) is 0 Å². The SMILES string of the molecule is Cc1ccc(SCC(=O)Nc2ncc[nH]2)cc1. The summed E-state index contributed by atoms with van der Waals surface area (Å²) < 4.78 is 0. The second-order valence-corrected chi connectivity index (χ2v) is 4.64. The molecule has 1 aromatic carbocycles. The molecular weight excluding hydrogens is 234 g/mol. The molecular formula is C12H13N3OS. The number of aryl methyl sites for hydroxylation is 1. The molecule has 1 heterocycles. The van der Waals surface area contributed by atoms with Crippen LogP contribution in [0.2, 0.25) is 0 Å². The summed E-state index contributed by atoms with van der Waals surface area (Å²) in [6, 6.07) is 8.10. The van der Waals surface area contributed by atoms with E-state index < -0.39 is 0 Å². The first-order valence-corrected chi connectivity index (χ1v) is 6.21. The van der Waals surface area contributed by atoms with E-state index in [1.807, 2.05) is 31.2 Å². The molecule has 2 rings (SSSR count). The van der Waals surface area contributed by atoms with Gasteiger partial charge in [0.25, 0.3) is 0 Å². The van der Waals surface area contributed by atoms with Crippen LogP contribution in [0.15, 0.2) is 41.6 Å². The summed E-state index contributed by atoms with van der Waals surface area (Å²) in [5.74, 6) is 0.800. The summed E-state index contributed by atoms with van der Waals surface area (Å²) in [7, 11) is 0. The number of amides is 1. The van der Waals surface area contributed by atoms with Crippen LogP contribution in [-0.2, 0) is 4.79 Å². The molecule has 5 heteroatoms. The van der Waals surface area contributed by atoms with Gasteiger partial charge < -0.3 is 4.98 Å². The lowest BCUT2D eigenvalue weighted by molar-refractivity contribution is -0.113. The molecule has 0 aliphatic rings. The van der Waals surface area contributed by atoms with Gasteiger partial charge in [0.1, 0.15) is 0 Å². The van der Waals surface area contributed by atoms with Crippen LogP contribution in [0.4, 0.5) is 5.95 Å². The van der Waals surface area contributed by atoms with Crippen molar-refractivity contribution in [3.8, 4) is 0 Å². The van der Waals surface area contributed by atoms with Gasteiger partial charge in [0, 0.05) is 17.3 Å². The molecule has 4 nitrogen and oxygen atoms in total. The lowest BCUT2D eigenvalue weighted by Crippen LogP contribution is -2.14. The Balaban J connectivity index is 1.82. The average Bonchev–Trinajstić information content (AvgIpc) is 2.81. The zero-order chi connectivity index (χ0) is 12.1. The fraction of sp³-hybridized carbons (Fsp3) is 0.167. The third-order valence-corrected chi connectivity index (χ3v) is 3.16. The minimum atomic E-state index is -0.0643. The van der Waals surface area contributed by atoms with Crippen molar-refractivity contribution in [2.45, 2.75) is 11.8 Å². The van der Waals surface area contributed by atoms with E-state index in [0.717, 1.165) is 4.90 Å². The van der Waals surface area contributed by atoms with Crippen molar-refractivity contribution in [3.63, 3.8) is 0 Å². The van der Waals surface area contributed by atoms with Gasteiger partial charge in [0.15, 0.2) is 0 Å². The molecule has 1 aromatic heterocycles. The molecule has 17 heavy (non-hydrogen) atoms. The fourth-order valence-corrected chi connectivity index (χ4v) is 1.98. The number of H-pyrrole nitrogens is 1. The maximum atomic E-state index is 11.6. The first-order chi connectivity index (χ1) is 8.24. The highest BCUT2D eigenvalue weighted by molar-refractivity contribution is 8.00. The number of rotatable bonds is 4. The van der Waals surface area contributed by atoms with Gasteiger partial charge in [-0.2, -0.15) is 0 Å². The Morgan fingerprint density at radius 3 is 2.82 bits per heavy atom. The predicted octanol–water partition coefficient (Wildman–Crippen LogP) is 2.45. The molecule has 0 atom stereocenters. The topological polar surface area (TPSA) is 57.8 Å². The number of hydrogen-bond acceptors (Lipinski definition) is 3. The molecule has 1 amide bonds. The second-order valence-electron chi connectivity index (χ2n) is 3.59. The van der Waals surface area contributed by atoms with Gasteiger partial charge in [-0.05, 0) is 19.1 Å². The number of nitrogens with zero attached hydrogens (tertiary/aromatic N) is 1. The summed E-state index contributed by atoms with van der Waals surface area (Å²) in [6.07, 6.45) is 3.27. The second kappa shape index (κ2) is 5.54. The molecule has 0 unspecified atom stereocenters. The Labute approximate surface area is 104 Å².